The maximum absolute atomic E-state index is 11.3. The lowest BCUT2D eigenvalue weighted by molar-refractivity contribution is -0.144. The van der Waals surface area contributed by atoms with Gasteiger partial charge in [0.25, 0.3) is 0 Å². The Morgan fingerprint density at radius 2 is 1.05 bits per heavy atom. The topological polar surface area (TPSA) is 220 Å². The minimum absolute atomic E-state index is 0.0206. The summed E-state index contributed by atoms with van der Waals surface area (Å²) >= 11 is 1.37. The summed E-state index contributed by atoms with van der Waals surface area (Å²) in [6.45, 7) is -1.95. The molecule has 0 fully saturated rings. The van der Waals surface area contributed by atoms with E-state index in [-0.39, 0.29) is 13.1 Å². The Labute approximate surface area is 254 Å². The molecule has 0 bridgehead atoms. The van der Waals surface area contributed by atoms with Crippen LogP contribution in [0.15, 0.2) is 60.7 Å². The summed E-state index contributed by atoms with van der Waals surface area (Å²) in [5, 5.41) is 37.4. The normalized spacial score (nSPS) is 11.1. The minimum atomic E-state index is -1.17. The number of hydrogen-bond acceptors (Lipinski definition) is 11. The monoisotopic (exact) mass is 620 g/mol. The molecule has 0 aliphatic carbocycles. The predicted octanol–water partition coefficient (Wildman–Crippen LogP) is 2.46. The summed E-state index contributed by atoms with van der Waals surface area (Å²) < 4.78 is 0. The van der Waals surface area contributed by atoms with Crippen molar-refractivity contribution < 1.29 is 39.6 Å². The van der Waals surface area contributed by atoms with Crippen molar-refractivity contribution >= 4 is 40.2 Å². The highest BCUT2D eigenvalue weighted by Crippen LogP contribution is 2.34. The molecule has 15 heteroatoms. The molecule has 44 heavy (non-hydrogen) atoms. The summed E-state index contributed by atoms with van der Waals surface area (Å²) in [5.74, 6) is -4.67. The summed E-state index contributed by atoms with van der Waals surface area (Å²) in [4.78, 5) is 62.4. The number of hydrogen-bond donors (Lipinski definition) is 5. The van der Waals surface area contributed by atoms with Crippen LogP contribution in [-0.2, 0) is 32.3 Å². The number of rotatable bonds is 15. The van der Waals surface area contributed by atoms with Crippen LogP contribution in [0.4, 0.5) is 5.00 Å². The van der Waals surface area contributed by atoms with Gasteiger partial charge in [-0.15, -0.1) is 11.3 Å². The molecule has 0 saturated heterocycles. The molecule has 4 aromatic heterocycles. The first-order chi connectivity index (χ1) is 20.9. The molecular formula is C29H28N6O8S. The summed E-state index contributed by atoms with van der Waals surface area (Å²) in [6.07, 6.45) is 0. The van der Waals surface area contributed by atoms with Crippen LogP contribution in [0.2, 0.25) is 0 Å². The van der Waals surface area contributed by atoms with Gasteiger partial charge in [-0.1, -0.05) is 12.1 Å². The summed E-state index contributed by atoms with van der Waals surface area (Å²) in [7, 11) is 0. The molecule has 4 heterocycles. The minimum Gasteiger partial charge on any atom is -0.480 e. The zero-order chi connectivity index (χ0) is 31.8. The van der Waals surface area contributed by atoms with Crippen molar-refractivity contribution in [1.82, 2.24) is 24.8 Å². The van der Waals surface area contributed by atoms with Crippen LogP contribution in [0.25, 0.3) is 33.2 Å². The largest absolute Gasteiger partial charge is 0.480 e. The molecule has 0 radical (unpaired) electrons. The quantitative estimate of drug-likeness (QED) is 0.129. The molecule has 0 aromatic carbocycles. The van der Waals surface area contributed by atoms with Gasteiger partial charge in [-0.2, -0.15) is 0 Å². The molecule has 0 aliphatic rings. The van der Waals surface area contributed by atoms with E-state index in [2.05, 4.69) is 9.97 Å². The van der Waals surface area contributed by atoms with E-state index in [4.69, 9.17) is 10.7 Å². The van der Waals surface area contributed by atoms with Crippen molar-refractivity contribution in [2.75, 3.05) is 31.9 Å². The average molecular weight is 621 g/mol. The molecule has 6 N–H and O–H groups in total. The summed E-state index contributed by atoms with van der Waals surface area (Å²) in [5.41, 5.74) is 9.45. The Hall–Kier alpha value is -5.25. The Bertz CT molecular complexity index is 1560. The third kappa shape index (κ3) is 9.12. The number of carboxylic acids is 4. The number of anilines is 1. The SMILES string of the molecule is Nc1ccc(-c2cc(-c3cccc(CN(CC(=O)O)CC(=O)O)n3)nc(-c3cccc(CN(CC(=O)O)CC(=O)O)n3)c2)s1. The van der Waals surface area contributed by atoms with Crippen molar-refractivity contribution in [3.63, 3.8) is 0 Å². The van der Waals surface area contributed by atoms with Crippen LogP contribution < -0.4 is 5.73 Å². The van der Waals surface area contributed by atoms with Crippen LogP contribution in [0, 0.1) is 0 Å². The third-order valence-electron chi connectivity index (χ3n) is 6.08. The van der Waals surface area contributed by atoms with Gasteiger partial charge in [0.15, 0.2) is 0 Å². The molecule has 0 spiro atoms. The molecule has 228 valence electrons. The Balaban J connectivity index is 1.73. The molecule has 4 rings (SSSR count). The first-order valence-corrected chi connectivity index (χ1v) is 13.9. The van der Waals surface area contributed by atoms with Gasteiger partial charge >= 0.3 is 23.9 Å². The van der Waals surface area contributed by atoms with Gasteiger partial charge in [-0.25, -0.2) is 15.0 Å². The van der Waals surface area contributed by atoms with E-state index in [9.17, 15) is 39.6 Å². The lowest BCUT2D eigenvalue weighted by Gasteiger charge is -2.18. The highest BCUT2D eigenvalue weighted by Gasteiger charge is 2.18. The number of nitrogens with two attached hydrogens (primary N) is 1. The number of carbonyl (C=O) groups is 4. The number of pyridine rings is 3. The fraction of sp³-hybridized carbons (Fsp3) is 0.207. The van der Waals surface area contributed by atoms with E-state index < -0.39 is 50.1 Å². The van der Waals surface area contributed by atoms with Crippen LogP contribution in [-0.4, -0.2) is 95.2 Å². The third-order valence-corrected chi connectivity index (χ3v) is 7.05. The number of nitrogen functional groups attached to an aromatic ring is 1. The van der Waals surface area contributed by atoms with Gasteiger partial charge in [0, 0.05) is 18.0 Å². The zero-order valence-electron chi connectivity index (χ0n) is 23.2. The van der Waals surface area contributed by atoms with Crippen molar-refractivity contribution in [3.8, 4) is 33.2 Å². The lowest BCUT2D eigenvalue weighted by Crippen LogP contribution is -2.34. The van der Waals surface area contributed by atoms with Crippen LogP contribution in [0.1, 0.15) is 11.4 Å². The van der Waals surface area contributed by atoms with Crippen LogP contribution in [0.5, 0.6) is 0 Å². The predicted molar refractivity (Wildman–Crippen MR) is 160 cm³/mol. The smallest absolute Gasteiger partial charge is 0.317 e. The van der Waals surface area contributed by atoms with Gasteiger partial charge in [-0.3, -0.25) is 29.0 Å². The molecule has 0 aliphatic heterocycles. The van der Waals surface area contributed by atoms with Crippen molar-refractivity contribution in [3.05, 3.63) is 72.1 Å². The summed E-state index contributed by atoms with van der Waals surface area (Å²) in [6, 6.07) is 17.5. The Kier molecular flexibility index (Phi) is 10.3. The van der Waals surface area contributed by atoms with E-state index in [1.54, 1.807) is 42.5 Å². The standard InChI is InChI=1S/C29H28N6O8S/c30-25-8-7-24(44-25)17-9-22(20-5-1-3-18(31-20)11-34(13-26(36)37)14-27(38)39)33-23(10-17)21-6-2-4-19(32-21)12-35(15-28(40)41)16-29(42)43/h1-10H,11-16,30H2,(H,36,37)(H,38,39)(H,40,41)(H,42,43). The molecule has 14 nitrogen and oxygen atoms in total. The maximum atomic E-state index is 11.3. The second kappa shape index (κ2) is 14.3. The Morgan fingerprint density at radius 3 is 1.41 bits per heavy atom. The number of nitrogens with zero attached hydrogens (tertiary/aromatic N) is 5. The van der Waals surface area contributed by atoms with Crippen molar-refractivity contribution in [2.24, 2.45) is 0 Å². The lowest BCUT2D eigenvalue weighted by atomic mass is 10.1. The first-order valence-electron chi connectivity index (χ1n) is 13.1. The Morgan fingerprint density at radius 1 is 0.614 bits per heavy atom. The second-order valence-electron chi connectivity index (χ2n) is 9.72. The van der Waals surface area contributed by atoms with Crippen molar-refractivity contribution in [2.45, 2.75) is 13.1 Å². The van der Waals surface area contributed by atoms with Crippen molar-refractivity contribution in [1.29, 1.82) is 0 Å². The van der Waals surface area contributed by atoms with Gasteiger partial charge in [0.1, 0.15) is 0 Å². The van der Waals surface area contributed by atoms with E-state index in [1.165, 1.54) is 21.1 Å². The van der Waals surface area contributed by atoms with E-state index in [1.807, 2.05) is 18.2 Å². The fourth-order valence-electron chi connectivity index (χ4n) is 4.42. The number of aliphatic carboxylic acids is 4. The second-order valence-corrected chi connectivity index (χ2v) is 10.8. The van der Waals surface area contributed by atoms with Gasteiger partial charge < -0.3 is 26.2 Å². The molecule has 0 unspecified atom stereocenters. The fourth-order valence-corrected chi connectivity index (χ4v) is 5.18. The van der Waals surface area contributed by atoms with E-state index in [0.717, 1.165) is 10.4 Å². The molecular weight excluding hydrogens is 592 g/mol. The maximum Gasteiger partial charge on any atom is 0.317 e. The molecule has 4 aromatic rings. The first kappa shape index (κ1) is 31.7. The molecule has 0 saturated carbocycles. The zero-order valence-corrected chi connectivity index (χ0v) is 24.0. The highest BCUT2D eigenvalue weighted by atomic mass is 32.1. The molecule has 0 atom stereocenters. The van der Waals surface area contributed by atoms with E-state index >= 15 is 0 Å². The number of carboxylic acid groups (broad SMARTS) is 4. The van der Waals surface area contributed by atoms with Gasteiger partial charge in [0.05, 0.1) is 65.3 Å². The number of aromatic nitrogens is 3. The number of thiophene rings is 1. The molecule has 0 amide bonds. The van der Waals surface area contributed by atoms with Crippen LogP contribution in [0.3, 0.4) is 0 Å². The highest BCUT2D eigenvalue weighted by molar-refractivity contribution is 7.19. The van der Waals surface area contributed by atoms with Crippen LogP contribution >= 0.6 is 11.3 Å². The average Bonchev–Trinajstić information content (AvgIpc) is 3.38. The van der Waals surface area contributed by atoms with Gasteiger partial charge in [0.2, 0.25) is 0 Å². The van der Waals surface area contributed by atoms with Gasteiger partial charge in [-0.05, 0) is 54.1 Å². The van der Waals surface area contributed by atoms with E-state index in [0.29, 0.717) is 39.2 Å².